The van der Waals surface area contributed by atoms with E-state index in [9.17, 15) is 0 Å². The molecule has 0 amide bonds. The summed E-state index contributed by atoms with van der Waals surface area (Å²) in [6.07, 6.45) is 3.46. The van der Waals surface area contributed by atoms with Gasteiger partial charge in [0.25, 0.3) is 0 Å². The highest BCUT2D eigenvalue weighted by atomic mass is 16.5. The summed E-state index contributed by atoms with van der Waals surface area (Å²) in [6, 6.07) is 14.6. The van der Waals surface area contributed by atoms with Crippen molar-refractivity contribution in [2.45, 2.75) is 33.0 Å². The van der Waals surface area contributed by atoms with Crippen molar-refractivity contribution in [1.82, 2.24) is 20.0 Å². The van der Waals surface area contributed by atoms with Crippen molar-refractivity contribution in [3.8, 4) is 11.4 Å². The number of hydrogen-bond donors (Lipinski definition) is 0. The number of rotatable bonds is 6. The van der Waals surface area contributed by atoms with Crippen molar-refractivity contribution in [3.63, 3.8) is 0 Å². The summed E-state index contributed by atoms with van der Waals surface area (Å²) in [6.45, 7) is 5.81. The molecule has 2 aromatic heterocycles. The van der Waals surface area contributed by atoms with Gasteiger partial charge < -0.3 is 4.52 Å². The molecule has 0 spiro atoms. The van der Waals surface area contributed by atoms with Crippen LogP contribution in [0, 0.1) is 0 Å². The summed E-state index contributed by atoms with van der Waals surface area (Å²) in [5.74, 6) is 1.20. The zero-order valence-electron chi connectivity index (χ0n) is 13.4. The van der Waals surface area contributed by atoms with Crippen molar-refractivity contribution in [2.75, 3.05) is 0 Å². The van der Waals surface area contributed by atoms with Crippen molar-refractivity contribution in [3.05, 3.63) is 66.3 Å². The van der Waals surface area contributed by atoms with E-state index in [4.69, 9.17) is 4.52 Å². The fourth-order valence-corrected chi connectivity index (χ4v) is 2.34. The highest BCUT2D eigenvalue weighted by molar-refractivity contribution is 5.51. The molecule has 3 rings (SSSR count). The molecule has 0 aliphatic heterocycles. The van der Waals surface area contributed by atoms with E-state index in [1.807, 2.05) is 18.2 Å². The predicted molar refractivity (Wildman–Crippen MR) is 88.4 cm³/mol. The lowest BCUT2D eigenvalue weighted by Gasteiger charge is -2.24. The van der Waals surface area contributed by atoms with Crippen LogP contribution < -0.4 is 0 Å². The molecular weight excluding hydrogens is 288 g/mol. The molecule has 0 aliphatic carbocycles. The van der Waals surface area contributed by atoms with Crippen LogP contribution in [0.1, 0.15) is 25.3 Å². The fraction of sp³-hybridized carbons (Fsp3) is 0.278. The molecule has 3 aromatic rings. The molecule has 0 unspecified atom stereocenters. The van der Waals surface area contributed by atoms with Crippen LogP contribution in [0.5, 0.6) is 0 Å². The molecule has 1 aromatic carbocycles. The van der Waals surface area contributed by atoms with Gasteiger partial charge in [-0.3, -0.25) is 9.88 Å². The van der Waals surface area contributed by atoms with E-state index in [0.29, 0.717) is 24.3 Å². The lowest BCUT2D eigenvalue weighted by molar-refractivity contribution is 0.176. The molecule has 118 valence electrons. The van der Waals surface area contributed by atoms with E-state index in [1.165, 1.54) is 5.56 Å². The Labute approximate surface area is 136 Å². The lowest BCUT2D eigenvalue weighted by Crippen LogP contribution is -2.29. The Morgan fingerprint density at radius 1 is 1.04 bits per heavy atom. The predicted octanol–water partition coefficient (Wildman–Crippen LogP) is 3.54. The maximum Gasteiger partial charge on any atom is 0.241 e. The zero-order chi connectivity index (χ0) is 16.1. The first kappa shape index (κ1) is 15.4. The minimum Gasteiger partial charge on any atom is -0.338 e. The number of pyridine rings is 1. The maximum absolute atomic E-state index is 5.41. The number of aromatic nitrogens is 3. The Bertz CT molecular complexity index is 725. The Hall–Kier alpha value is -2.53. The standard InChI is InChI=1S/C18H20N4O/c1-14(2)22(12-15-7-4-3-5-8-15)13-17-20-18(21-23-17)16-9-6-10-19-11-16/h3-11,14H,12-13H2,1-2H3. The van der Waals surface area contributed by atoms with E-state index in [1.54, 1.807) is 12.4 Å². The molecule has 0 bridgehead atoms. The first-order valence-corrected chi connectivity index (χ1v) is 7.73. The van der Waals surface area contributed by atoms with Crippen molar-refractivity contribution in [2.24, 2.45) is 0 Å². The van der Waals surface area contributed by atoms with Gasteiger partial charge in [0, 0.05) is 30.5 Å². The molecule has 2 heterocycles. The second kappa shape index (κ2) is 7.15. The van der Waals surface area contributed by atoms with Crippen LogP contribution >= 0.6 is 0 Å². The second-order valence-corrected chi connectivity index (χ2v) is 5.74. The maximum atomic E-state index is 5.41. The lowest BCUT2D eigenvalue weighted by atomic mass is 10.2. The molecule has 0 atom stereocenters. The van der Waals surface area contributed by atoms with Crippen LogP contribution in [0.4, 0.5) is 0 Å². The average Bonchev–Trinajstić information content (AvgIpc) is 3.04. The Morgan fingerprint density at radius 3 is 2.57 bits per heavy atom. The topological polar surface area (TPSA) is 55.1 Å². The summed E-state index contributed by atoms with van der Waals surface area (Å²) >= 11 is 0. The van der Waals surface area contributed by atoms with Crippen LogP contribution in [0.3, 0.4) is 0 Å². The Morgan fingerprint density at radius 2 is 1.87 bits per heavy atom. The molecule has 5 heteroatoms. The molecule has 0 radical (unpaired) electrons. The van der Waals surface area contributed by atoms with Crippen molar-refractivity contribution in [1.29, 1.82) is 0 Å². The van der Waals surface area contributed by atoms with E-state index >= 15 is 0 Å². The smallest absolute Gasteiger partial charge is 0.241 e. The second-order valence-electron chi connectivity index (χ2n) is 5.74. The first-order chi connectivity index (χ1) is 11.2. The zero-order valence-corrected chi connectivity index (χ0v) is 13.4. The average molecular weight is 308 g/mol. The van der Waals surface area contributed by atoms with E-state index < -0.39 is 0 Å². The van der Waals surface area contributed by atoms with Crippen LogP contribution in [0.15, 0.2) is 59.4 Å². The highest BCUT2D eigenvalue weighted by Crippen LogP contribution is 2.16. The van der Waals surface area contributed by atoms with Crippen LogP contribution in [0.2, 0.25) is 0 Å². The molecule has 0 aliphatic rings. The van der Waals surface area contributed by atoms with E-state index in [2.05, 4.69) is 58.1 Å². The van der Waals surface area contributed by atoms with Gasteiger partial charge >= 0.3 is 0 Å². The normalized spacial score (nSPS) is 11.3. The fourth-order valence-electron chi connectivity index (χ4n) is 2.34. The van der Waals surface area contributed by atoms with Gasteiger partial charge in [-0.2, -0.15) is 4.98 Å². The Balaban J connectivity index is 1.72. The van der Waals surface area contributed by atoms with Crippen LogP contribution in [-0.4, -0.2) is 26.1 Å². The summed E-state index contributed by atoms with van der Waals surface area (Å²) in [5.41, 5.74) is 2.13. The van der Waals surface area contributed by atoms with Gasteiger partial charge in [-0.25, -0.2) is 0 Å². The number of benzene rings is 1. The molecule has 23 heavy (non-hydrogen) atoms. The number of hydrogen-bond acceptors (Lipinski definition) is 5. The largest absolute Gasteiger partial charge is 0.338 e. The first-order valence-electron chi connectivity index (χ1n) is 7.73. The van der Waals surface area contributed by atoms with Gasteiger partial charge in [0.2, 0.25) is 11.7 Å². The van der Waals surface area contributed by atoms with Gasteiger partial charge in [0.15, 0.2) is 0 Å². The van der Waals surface area contributed by atoms with Gasteiger partial charge in [-0.15, -0.1) is 0 Å². The van der Waals surface area contributed by atoms with Crippen molar-refractivity contribution >= 4 is 0 Å². The summed E-state index contributed by atoms with van der Waals surface area (Å²) in [4.78, 5) is 10.9. The third-order valence-electron chi connectivity index (χ3n) is 3.68. The monoisotopic (exact) mass is 308 g/mol. The Kier molecular flexibility index (Phi) is 4.78. The summed E-state index contributed by atoms with van der Waals surface area (Å²) in [7, 11) is 0. The minimum absolute atomic E-state index is 0.379. The SMILES string of the molecule is CC(C)N(Cc1ccccc1)Cc1nc(-c2cccnc2)no1. The molecule has 0 fully saturated rings. The van der Waals surface area contributed by atoms with Gasteiger partial charge in [-0.05, 0) is 31.5 Å². The third-order valence-corrected chi connectivity index (χ3v) is 3.68. The summed E-state index contributed by atoms with van der Waals surface area (Å²) < 4.78 is 5.41. The van der Waals surface area contributed by atoms with Crippen LogP contribution in [-0.2, 0) is 13.1 Å². The quantitative estimate of drug-likeness (QED) is 0.697. The molecule has 0 N–H and O–H groups in total. The molecular formula is C18H20N4O. The number of nitrogens with zero attached hydrogens (tertiary/aromatic N) is 4. The van der Waals surface area contributed by atoms with Crippen LogP contribution in [0.25, 0.3) is 11.4 Å². The third kappa shape index (κ3) is 4.02. The van der Waals surface area contributed by atoms with Crippen molar-refractivity contribution < 1.29 is 4.52 Å². The van der Waals surface area contributed by atoms with E-state index in [0.717, 1.165) is 12.1 Å². The molecule has 5 nitrogen and oxygen atoms in total. The molecule has 0 saturated heterocycles. The summed E-state index contributed by atoms with van der Waals surface area (Å²) in [5, 5.41) is 4.05. The minimum atomic E-state index is 0.379. The van der Waals surface area contributed by atoms with Gasteiger partial charge in [0.1, 0.15) is 0 Å². The van der Waals surface area contributed by atoms with Gasteiger partial charge in [0.05, 0.1) is 6.54 Å². The van der Waals surface area contributed by atoms with Gasteiger partial charge in [-0.1, -0.05) is 35.5 Å². The highest BCUT2D eigenvalue weighted by Gasteiger charge is 2.16. The molecule has 0 saturated carbocycles. The van der Waals surface area contributed by atoms with E-state index in [-0.39, 0.29) is 0 Å².